The van der Waals surface area contributed by atoms with Gasteiger partial charge in [0.2, 0.25) is 0 Å². The third-order valence-corrected chi connectivity index (χ3v) is 2.18. The maximum Gasteiger partial charge on any atom is 0.110 e. The Hall–Kier alpha value is -0.320. The summed E-state index contributed by atoms with van der Waals surface area (Å²) < 4.78 is 0. The van der Waals surface area contributed by atoms with E-state index < -0.39 is 16.9 Å². The normalized spacial score (nSPS) is 13.9. The Kier molecular flexibility index (Phi) is 9.50. The van der Waals surface area contributed by atoms with Gasteiger partial charge in [0.05, 0.1) is 10.8 Å². The quantitative estimate of drug-likeness (QED) is 0.344. The summed E-state index contributed by atoms with van der Waals surface area (Å²) in [6.45, 7) is 4.04. The molecule has 0 saturated heterocycles. The number of hydrogen-bond acceptors (Lipinski definition) is 8. The molecule has 104 valence electrons. The highest BCUT2D eigenvalue weighted by Crippen LogP contribution is 2.12. The number of nitrogens with zero attached hydrogens (tertiary/aromatic N) is 2. The van der Waals surface area contributed by atoms with Crippen LogP contribution >= 0.6 is 0 Å². The van der Waals surface area contributed by atoms with Crippen molar-refractivity contribution in [3.63, 3.8) is 0 Å². The molecule has 0 aromatic rings. The summed E-state index contributed by atoms with van der Waals surface area (Å²) in [5.74, 6) is 0.614. The number of rotatable bonds is 10. The SMILES string of the molecule is CC(C)CCCCC(CON(O)O)ON(O)O. The Bertz CT molecular complexity index is 179. The molecule has 0 rings (SSSR count). The largest absolute Gasteiger partial charge is 0.266 e. The molecule has 0 fully saturated rings. The Morgan fingerprint density at radius 2 is 1.53 bits per heavy atom. The molecular formula is C9H22N2O6. The smallest absolute Gasteiger partial charge is 0.110 e. The first kappa shape index (κ1) is 16.7. The van der Waals surface area contributed by atoms with Crippen molar-refractivity contribution in [1.29, 1.82) is 0 Å². The van der Waals surface area contributed by atoms with Gasteiger partial charge in [0.15, 0.2) is 0 Å². The van der Waals surface area contributed by atoms with E-state index in [0.29, 0.717) is 12.3 Å². The minimum Gasteiger partial charge on any atom is -0.266 e. The molecule has 0 aromatic heterocycles. The second kappa shape index (κ2) is 9.68. The molecule has 0 aliphatic heterocycles. The second-order valence-corrected chi connectivity index (χ2v) is 4.21. The predicted octanol–water partition coefficient (Wildman–Crippen LogP) is 1.60. The first-order chi connectivity index (χ1) is 7.91. The summed E-state index contributed by atoms with van der Waals surface area (Å²) >= 11 is 0. The molecule has 17 heavy (non-hydrogen) atoms. The third-order valence-electron chi connectivity index (χ3n) is 2.18. The lowest BCUT2D eigenvalue weighted by molar-refractivity contribution is -0.527. The van der Waals surface area contributed by atoms with E-state index in [2.05, 4.69) is 23.5 Å². The molecule has 0 aliphatic carbocycles. The lowest BCUT2D eigenvalue weighted by Gasteiger charge is -2.19. The Morgan fingerprint density at radius 3 is 2.00 bits per heavy atom. The van der Waals surface area contributed by atoms with Crippen LogP contribution < -0.4 is 0 Å². The van der Waals surface area contributed by atoms with E-state index in [9.17, 15) is 0 Å². The highest BCUT2D eigenvalue weighted by molar-refractivity contribution is 4.56. The molecule has 0 aromatic carbocycles. The summed E-state index contributed by atoms with van der Waals surface area (Å²) in [6.07, 6.45) is 2.71. The van der Waals surface area contributed by atoms with Crippen LogP contribution in [-0.4, -0.2) is 44.3 Å². The van der Waals surface area contributed by atoms with Gasteiger partial charge in [-0.1, -0.05) is 33.1 Å². The molecule has 8 heteroatoms. The minimum atomic E-state index is -0.668. The van der Waals surface area contributed by atoms with E-state index in [4.69, 9.17) is 20.8 Å². The summed E-state index contributed by atoms with van der Waals surface area (Å²) in [6, 6.07) is 0. The molecule has 1 unspecified atom stereocenters. The van der Waals surface area contributed by atoms with Crippen LogP contribution in [0, 0.1) is 5.92 Å². The molecule has 0 saturated carbocycles. The molecule has 0 aliphatic rings. The highest BCUT2D eigenvalue weighted by Gasteiger charge is 2.14. The lowest BCUT2D eigenvalue weighted by atomic mass is 10.0. The van der Waals surface area contributed by atoms with Crippen molar-refractivity contribution >= 4 is 0 Å². The van der Waals surface area contributed by atoms with Crippen molar-refractivity contribution < 1.29 is 30.5 Å². The van der Waals surface area contributed by atoms with Crippen LogP contribution in [0.15, 0.2) is 0 Å². The van der Waals surface area contributed by atoms with Crippen LogP contribution in [-0.2, 0) is 9.68 Å². The fourth-order valence-electron chi connectivity index (χ4n) is 1.37. The van der Waals surface area contributed by atoms with Gasteiger partial charge in [-0.15, -0.1) is 0 Å². The summed E-state index contributed by atoms with van der Waals surface area (Å²) in [7, 11) is 0. The van der Waals surface area contributed by atoms with Gasteiger partial charge in [-0.3, -0.25) is 20.8 Å². The third kappa shape index (κ3) is 11.9. The van der Waals surface area contributed by atoms with Gasteiger partial charge in [-0.2, -0.15) is 0 Å². The van der Waals surface area contributed by atoms with Crippen molar-refractivity contribution in [2.75, 3.05) is 6.61 Å². The summed E-state index contributed by atoms with van der Waals surface area (Å²) in [4.78, 5) is 8.93. The first-order valence-corrected chi connectivity index (χ1v) is 5.57. The van der Waals surface area contributed by atoms with E-state index in [1.807, 2.05) is 0 Å². The van der Waals surface area contributed by atoms with Gasteiger partial charge >= 0.3 is 0 Å². The monoisotopic (exact) mass is 254 g/mol. The van der Waals surface area contributed by atoms with Crippen LogP contribution in [0.2, 0.25) is 0 Å². The van der Waals surface area contributed by atoms with E-state index in [1.165, 1.54) is 0 Å². The zero-order chi connectivity index (χ0) is 13.3. The summed E-state index contributed by atoms with van der Waals surface area (Å²) in [5.41, 5.74) is 0. The van der Waals surface area contributed by atoms with Crippen molar-refractivity contribution in [3.8, 4) is 0 Å². The highest BCUT2D eigenvalue weighted by atomic mass is 17.1. The molecule has 0 bridgehead atoms. The van der Waals surface area contributed by atoms with Crippen LogP contribution in [0.5, 0.6) is 0 Å². The topological polar surface area (TPSA) is 106 Å². The van der Waals surface area contributed by atoms with E-state index in [1.54, 1.807) is 0 Å². The Balaban J connectivity index is 3.76. The molecule has 8 nitrogen and oxygen atoms in total. The average Bonchev–Trinajstić information content (AvgIpc) is 2.19. The fourth-order valence-corrected chi connectivity index (χ4v) is 1.37. The summed E-state index contributed by atoms with van der Waals surface area (Å²) in [5, 5.41) is 32.9. The molecule has 0 radical (unpaired) electrons. The molecule has 4 N–H and O–H groups in total. The Morgan fingerprint density at radius 1 is 0.941 bits per heavy atom. The molecule has 0 amide bonds. The molecular weight excluding hydrogens is 232 g/mol. The van der Waals surface area contributed by atoms with E-state index in [-0.39, 0.29) is 6.61 Å². The second-order valence-electron chi connectivity index (χ2n) is 4.21. The van der Waals surface area contributed by atoms with E-state index in [0.717, 1.165) is 19.3 Å². The zero-order valence-electron chi connectivity index (χ0n) is 10.2. The van der Waals surface area contributed by atoms with Crippen molar-refractivity contribution in [2.45, 2.75) is 45.6 Å². The van der Waals surface area contributed by atoms with Crippen molar-refractivity contribution in [3.05, 3.63) is 0 Å². The average molecular weight is 254 g/mol. The van der Waals surface area contributed by atoms with Crippen molar-refractivity contribution in [1.82, 2.24) is 10.8 Å². The predicted molar refractivity (Wildman–Crippen MR) is 55.0 cm³/mol. The van der Waals surface area contributed by atoms with Gasteiger partial charge in [0.1, 0.15) is 12.7 Å². The zero-order valence-corrected chi connectivity index (χ0v) is 10.2. The first-order valence-electron chi connectivity index (χ1n) is 5.57. The maximum atomic E-state index is 8.51. The van der Waals surface area contributed by atoms with Gasteiger partial charge in [0.25, 0.3) is 0 Å². The van der Waals surface area contributed by atoms with Gasteiger partial charge in [-0.25, -0.2) is 9.68 Å². The van der Waals surface area contributed by atoms with Crippen LogP contribution in [0.4, 0.5) is 0 Å². The molecule has 0 spiro atoms. The standard InChI is InChI=1S/C9H22N2O6/c1-8(2)5-3-4-6-9(17-11(14)15)7-16-10(12)13/h8-9,12-15H,3-7H2,1-2H3. The van der Waals surface area contributed by atoms with Crippen LogP contribution in [0.1, 0.15) is 39.5 Å². The lowest BCUT2D eigenvalue weighted by Crippen LogP contribution is -2.31. The van der Waals surface area contributed by atoms with Gasteiger partial charge in [-0.05, 0) is 12.3 Å². The fraction of sp³-hybridized carbons (Fsp3) is 1.00. The van der Waals surface area contributed by atoms with Gasteiger partial charge < -0.3 is 0 Å². The Labute approximate surface area is 100 Å². The molecule has 0 heterocycles. The van der Waals surface area contributed by atoms with E-state index >= 15 is 0 Å². The minimum absolute atomic E-state index is 0.202. The maximum absolute atomic E-state index is 8.51. The van der Waals surface area contributed by atoms with Crippen LogP contribution in [0.25, 0.3) is 0 Å². The van der Waals surface area contributed by atoms with Crippen molar-refractivity contribution in [2.24, 2.45) is 5.92 Å². The number of unbranched alkanes of at least 4 members (excludes halogenated alkanes) is 1. The number of hydrogen-bond donors (Lipinski definition) is 4. The molecule has 1 atom stereocenters. The van der Waals surface area contributed by atoms with Crippen LogP contribution in [0.3, 0.4) is 0 Å². The van der Waals surface area contributed by atoms with Gasteiger partial charge in [0, 0.05) is 0 Å².